The standard InChI is InChI=1S/C44H43ClF7N7O3S/c1-42(2,58-14-12-56(3)13-15-58)11-10-28-6-7-30(31-8-9-34(45)37-35(23-63(5,61)62)54-57(4)39(31)37)38(53-28)25(16-24-17-26(46)20-27(47)18-24)19-29(60)22-59-41-36(40(55-59)44(50,51)52)32-21-33(32)43(41,48)49/h6-9,17-18,20,25,32-33H,12-16,19,21-23H2,1-5H3/t25-,32+,33-/m1/s1. The predicted octanol–water partition coefficient (Wildman–Crippen LogP) is 7.90. The smallest absolute Gasteiger partial charge is 0.304 e. The van der Waals surface area contributed by atoms with E-state index in [-0.39, 0.29) is 40.5 Å². The van der Waals surface area contributed by atoms with Gasteiger partial charge < -0.3 is 4.90 Å². The van der Waals surface area contributed by atoms with Crippen LogP contribution in [0, 0.1) is 29.4 Å². The Balaban J connectivity index is 1.27. The van der Waals surface area contributed by atoms with E-state index in [0.717, 1.165) is 44.6 Å². The van der Waals surface area contributed by atoms with Gasteiger partial charge in [-0.1, -0.05) is 23.6 Å². The zero-order valence-electron chi connectivity index (χ0n) is 34.9. The van der Waals surface area contributed by atoms with Crippen molar-refractivity contribution < 1.29 is 43.9 Å². The highest BCUT2D eigenvalue weighted by Crippen LogP contribution is 2.68. The van der Waals surface area contributed by atoms with Gasteiger partial charge in [0.05, 0.1) is 33.2 Å². The molecule has 8 rings (SSSR count). The first-order valence-electron chi connectivity index (χ1n) is 20.2. The molecule has 1 saturated carbocycles. The molecule has 2 aliphatic carbocycles. The summed E-state index contributed by atoms with van der Waals surface area (Å²) in [6.07, 6.45) is -4.90. The lowest BCUT2D eigenvalue weighted by Gasteiger charge is -2.40. The first-order valence-corrected chi connectivity index (χ1v) is 22.7. The molecule has 2 aromatic carbocycles. The number of pyridine rings is 1. The summed E-state index contributed by atoms with van der Waals surface area (Å²) in [6, 6.07) is 9.36. The molecule has 0 bridgehead atoms. The van der Waals surface area contributed by atoms with Crippen molar-refractivity contribution in [2.24, 2.45) is 13.0 Å². The van der Waals surface area contributed by atoms with E-state index in [0.29, 0.717) is 32.8 Å². The molecule has 0 spiro atoms. The van der Waals surface area contributed by atoms with Crippen LogP contribution in [-0.4, -0.2) is 93.6 Å². The van der Waals surface area contributed by atoms with Crippen molar-refractivity contribution in [3.63, 3.8) is 0 Å². The molecule has 3 atom stereocenters. The molecule has 63 heavy (non-hydrogen) atoms. The quantitative estimate of drug-likeness (QED) is 0.0974. The van der Waals surface area contributed by atoms with E-state index in [2.05, 4.69) is 31.8 Å². The Labute approximate surface area is 364 Å². The van der Waals surface area contributed by atoms with Gasteiger partial charge in [0, 0.05) is 85.9 Å². The van der Waals surface area contributed by atoms with Crippen LogP contribution in [0.2, 0.25) is 5.02 Å². The second-order valence-electron chi connectivity index (χ2n) is 17.4. The number of nitrogens with zero attached hydrogens (tertiary/aromatic N) is 7. The van der Waals surface area contributed by atoms with E-state index in [1.54, 1.807) is 31.3 Å². The highest BCUT2D eigenvalue weighted by Gasteiger charge is 2.68. The second kappa shape index (κ2) is 16.0. The van der Waals surface area contributed by atoms with Crippen LogP contribution in [0.3, 0.4) is 0 Å². The van der Waals surface area contributed by atoms with Gasteiger partial charge in [-0.2, -0.15) is 32.1 Å². The van der Waals surface area contributed by atoms with E-state index in [1.165, 1.54) is 4.68 Å². The van der Waals surface area contributed by atoms with Crippen LogP contribution < -0.4 is 0 Å². The lowest BCUT2D eigenvalue weighted by atomic mass is 9.86. The summed E-state index contributed by atoms with van der Waals surface area (Å²) in [5, 5.41) is 8.55. The molecule has 334 valence electrons. The molecule has 19 heteroatoms. The van der Waals surface area contributed by atoms with Gasteiger partial charge in [-0.25, -0.2) is 22.2 Å². The van der Waals surface area contributed by atoms with Gasteiger partial charge in [-0.05, 0) is 81.5 Å². The van der Waals surface area contributed by atoms with Crippen molar-refractivity contribution in [1.82, 2.24) is 34.3 Å². The summed E-state index contributed by atoms with van der Waals surface area (Å²) >= 11 is 6.70. The summed E-state index contributed by atoms with van der Waals surface area (Å²) in [5.41, 5.74) is -1.66. The Morgan fingerprint density at radius 1 is 0.984 bits per heavy atom. The number of alkyl halides is 5. The van der Waals surface area contributed by atoms with Gasteiger partial charge >= 0.3 is 6.18 Å². The highest BCUT2D eigenvalue weighted by molar-refractivity contribution is 7.89. The Hall–Kier alpha value is -4.83. The predicted molar refractivity (Wildman–Crippen MR) is 222 cm³/mol. The first-order chi connectivity index (χ1) is 29.4. The molecule has 2 fully saturated rings. The van der Waals surface area contributed by atoms with E-state index < -0.39 is 98.3 Å². The first kappa shape index (κ1) is 44.8. The van der Waals surface area contributed by atoms with E-state index in [4.69, 9.17) is 16.6 Å². The second-order valence-corrected chi connectivity index (χ2v) is 20.0. The molecule has 1 aliphatic heterocycles. The minimum atomic E-state index is -5.05. The maximum Gasteiger partial charge on any atom is 0.435 e. The molecular weight excluding hydrogens is 875 g/mol. The summed E-state index contributed by atoms with van der Waals surface area (Å²) in [4.78, 5) is 23.7. The summed E-state index contributed by atoms with van der Waals surface area (Å²) < 4.78 is 130. The Morgan fingerprint density at radius 2 is 1.65 bits per heavy atom. The van der Waals surface area contributed by atoms with Crippen molar-refractivity contribution in [1.29, 1.82) is 0 Å². The molecule has 0 N–H and O–H groups in total. The molecule has 3 aliphatic rings. The zero-order valence-corrected chi connectivity index (χ0v) is 36.5. The van der Waals surface area contributed by atoms with Crippen LogP contribution in [0.5, 0.6) is 0 Å². The number of benzene rings is 2. The van der Waals surface area contributed by atoms with Crippen molar-refractivity contribution in [2.45, 2.75) is 74.9 Å². The largest absolute Gasteiger partial charge is 0.435 e. The van der Waals surface area contributed by atoms with Crippen LogP contribution in [0.1, 0.15) is 78.1 Å². The number of aryl methyl sites for hydroxylation is 1. The fraction of sp³-hybridized carbons (Fsp3) is 0.455. The number of carbonyl (C=O) groups excluding carboxylic acids is 1. The van der Waals surface area contributed by atoms with Gasteiger partial charge in [0.1, 0.15) is 29.6 Å². The fourth-order valence-corrected chi connectivity index (χ4v) is 10.1. The lowest BCUT2D eigenvalue weighted by molar-refractivity contribution is -0.142. The zero-order chi connectivity index (χ0) is 45.6. The summed E-state index contributed by atoms with van der Waals surface area (Å²) in [6.45, 7) is 6.21. The van der Waals surface area contributed by atoms with Gasteiger partial charge in [0.2, 0.25) is 0 Å². The number of fused-ring (bicyclic) bond motifs is 4. The number of hydrogen-bond acceptors (Lipinski definition) is 8. The number of piperazine rings is 1. The Morgan fingerprint density at radius 3 is 2.30 bits per heavy atom. The van der Waals surface area contributed by atoms with Crippen LogP contribution in [0.25, 0.3) is 22.0 Å². The summed E-state index contributed by atoms with van der Waals surface area (Å²) in [7, 11) is 0.0390. The number of rotatable bonds is 11. The maximum absolute atomic E-state index is 15.5. The monoisotopic (exact) mass is 917 g/mol. The molecule has 0 radical (unpaired) electrons. The third-order valence-electron chi connectivity index (χ3n) is 12.2. The van der Waals surface area contributed by atoms with Crippen LogP contribution in [0.15, 0.2) is 42.5 Å². The fourth-order valence-electron chi connectivity index (χ4n) is 9.15. The van der Waals surface area contributed by atoms with E-state index in [1.807, 2.05) is 20.9 Å². The molecule has 1 saturated heterocycles. The Kier molecular flexibility index (Phi) is 11.4. The molecule has 10 nitrogen and oxygen atoms in total. The number of carbonyl (C=O) groups is 1. The van der Waals surface area contributed by atoms with Crippen molar-refractivity contribution in [2.75, 3.05) is 39.5 Å². The average molecular weight is 918 g/mol. The van der Waals surface area contributed by atoms with Crippen molar-refractivity contribution in [3.8, 4) is 23.0 Å². The normalized spacial score (nSPS) is 19.4. The van der Waals surface area contributed by atoms with Gasteiger partial charge in [0.25, 0.3) is 5.92 Å². The van der Waals surface area contributed by atoms with E-state index >= 15 is 8.78 Å². The molecule has 5 aromatic rings. The van der Waals surface area contributed by atoms with Crippen LogP contribution >= 0.6 is 11.6 Å². The number of hydrogen-bond donors (Lipinski definition) is 0. The molecular formula is C44H43ClF7N7O3S. The molecule has 3 aromatic heterocycles. The third-order valence-corrected chi connectivity index (χ3v) is 13.3. The number of ketones is 1. The van der Waals surface area contributed by atoms with Gasteiger partial charge in [-0.3, -0.25) is 19.1 Å². The van der Waals surface area contributed by atoms with E-state index in [9.17, 15) is 35.2 Å². The molecule has 0 unspecified atom stereocenters. The average Bonchev–Trinajstić information content (AvgIpc) is 3.71. The van der Waals surface area contributed by atoms with Crippen LogP contribution in [-0.2, 0) is 52.5 Å². The number of likely N-dealkylation sites (N-methyl/N-ethyl adjacent to an activating group) is 1. The van der Waals surface area contributed by atoms with Crippen molar-refractivity contribution in [3.05, 3.63) is 98.7 Å². The highest BCUT2D eigenvalue weighted by atomic mass is 35.5. The SMILES string of the molecule is CN1CCN(C(C)(C)C#Cc2ccc(-c3ccc(Cl)c4c(CS(C)(=O)=O)nn(C)c34)c([C@@H](CC(=O)Cn3nc(C(F)(F)F)c4c3C(F)(F)[C@@H]3C[C@H]43)Cc3cc(F)cc(F)c3)n2)CC1. The maximum atomic E-state index is 15.5. The molecule has 4 heterocycles. The third kappa shape index (κ3) is 8.86. The minimum absolute atomic E-state index is 0.105. The number of Topliss-reactive ketones (excluding diaryl/α,β-unsaturated/α-hetero) is 1. The number of halogens is 8. The number of sulfone groups is 1. The van der Waals surface area contributed by atoms with Crippen LogP contribution in [0.4, 0.5) is 30.7 Å². The lowest BCUT2D eigenvalue weighted by Crippen LogP contribution is -2.53. The Bertz CT molecular complexity index is 2820. The topological polar surface area (TPSA) is 106 Å². The summed E-state index contributed by atoms with van der Waals surface area (Å²) in [5.74, 6) is -3.65. The van der Waals surface area contributed by atoms with Gasteiger partial charge in [0.15, 0.2) is 21.3 Å². The molecule has 0 amide bonds. The van der Waals surface area contributed by atoms with Crippen molar-refractivity contribution >= 4 is 38.1 Å². The number of aromatic nitrogens is 5. The minimum Gasteiger partial charge on any atom is -0.304 e. The van der Waals surface area contributed by atoms with Gasteiger partial charge in [-0.15, -0.1) is 0 Å².